The van der Waals surface area contributed by atoms with Crippen LogP contribution in [-0.4, -0.2) is 26.0 Å². The molecule has 0 aromatic heterocycles. The Hall–Kier alpha value is -0.870. The minimum atomic E-state index is -2.77. The second-order valence-electron chi connectivity index (χ2n) is 5.65. The molecular formula is C16H25NO2S. The number of aryl methyl sites for hydroxylation is 1. The molecule has 112 valence electrons. The van der Waals surface area contributed by atoms with E-state index in [0.29, 0.717) is 23.6 Å². The van der Waals surface area contributed by atoms with Gasteiger partial charge in [0, 0.05) is 12.1 Å². The van der Waals surface area contributed by atoms with E-state index in [-0.39, 0.29) is 0 Å². The van der Waals surface area contributed by atoms with Crippen LogP contribution in [0.5, 0.6) is 0 Å². The Labute approximate surface area is 122 Å². The Kier molecular flexibility index (Phi) is 5.22. The fourth-order valence-corrected chi connectivity index (χ4v) is 4.27. The van der Waals surface area contributed by atoms with Crippen LogP contribution < -0.4 is 5.32 Å². The first-order valence-electron chi connectivity index (χ1n) is 7.59. The first-order chi connectivity index (χ1) is 9.54. The Morgan fingerprint density at radius 3 is 2.25 bits per heavy atom. The largest absolute Gasteiger partial charge is 0.307 e. The number of nitrogens with one attached hydrogen (secondary N) is 1. The Morgan fingerprint density at radius 1 is 1.15 bits per heavy atom. The number of hydrogen-bond acceptors (Lipinski definition) is 3. The average molecular weight is 295 g/mol. The normalized spacial score (nSPS) is 20.7. The lowest BCUT2D eigenvalue weighted by Gasteiger charge is -2.28. The van der Waals surface area contributed by atoms with Gasteiger partial charge in [0.25, 0.3) is 0 Å². The highest BCUT2D eigenvalue weighted by Gasteiger charge is 2.25. The monoisotopic (exact) mass is 295 g/mol. The van der Waals surface area contributed by atoms with E-state index in [2.05, 4.69) is 43.4 Å². The van der Waals surface area contributed by atoms with E-state index < -0.39 is 9.84 Å². The number of hydrogen-bond donors (Lipinski definition) is 1. The van der Waals surface area contributed by atoms with Crippen LogP contribution >= 0.6 is 0 Å². The van der Waals surface area contributed by atoms with Gasteiger partial charge in [-0.15, -0.1) is 0 Å². The molecular weight excluding hydrogens is 270 g/mol. The third kappa shape index (κ3) is 4.06. The zero-order valence-electron chi connectivity index (χ0n) is 12.4. The highest BCUT2D eigenvalue weighted by Crippen LogP contribution is 2.21. The number of rotatable bonds is 5. The molecule has 1 aliphatic heterocycles. The fraction of sp³-hybridized carbons (Fsp3) is 0.625. The lowest BCUT2D eigenvalue weighted by molar-refractivity contribution is 0.398. The molecule has 1 N–H and O–H groups in total. The molecule has 0 spiro atoms. The number of benzene rings is 1. The first-order valence-corrected chi connectivity index (χ1v) is 9.41. The highest BCUT2D eigenvalue weighted by atomic mass is 32.2. The van der Waals surface area contributed by atoms with E-state index in [4.69, 9.17) is 0 Å². The van der Waals surface area contributed by atoms with Crippen molar-refractivity contribution in [2.75, 3.05) is 11.5 Å². The summed E-state index contributed by atoms with van der Waals surface area (Å²) in [7, 11) is -2.77. The molecule has 1 saturated heterocycles. The molecule has 0 bridgehead atoms. The molecule has 1 fully saturated rings. The van der Waals surface area contributed by atoms with E-state index >= 15 is 0 Å². The zero-order valence-corrected chi connectivity index (χ0v) is 13.2. The van der Waals surface area contributed by atoms with E-state index in [1.54, 1.807) is 0 Å². The molecule has 1 heterocycles. The van der Waals surface area contributed by atoms with Crippen LogP contribution in [0.2, 0.25) is 0 Å². The summed E-state index contributed by atoms with van der Waals surface area (Å²) in [5.41, 5.74) is 2.66. The molecule has 0 amide bonds. The van der Waals surface area contributed by atoms with Crippen LogP contribution in [0.3, 0.4) is 0 Å². The molecule has 2 rings (SSSR count). The van der Waals surface area contributed by atoms with Crippen LogP contribution in [-0.2, 0) is 16.3 Å². The van der Waals surface area contributed by atoms with Crippen LogP contribution in [0.15, 0.2) is 24.3 Å². The van der Waals surface area contributed by atoms with Gasteiger partial charge in [0.15, 0.2) is 0 Å². The highest BCUT2D eigenvalue weighted by molar-refractivity contribution is 7.91. The van der Waals surface area contributed by atoms with Gasteiger partial charge in [-0.25, -0.2) is 8.42 Å². The molecule has 1 unspecified atom stereocenters. The van der Waals surface area contributed by atoms with Crippen molar-refractivity contribution >= 4 is 9.84 Å². The summed E-state index contributed by atoms with van der Waals surface area (Å²) >= 11 is 0. The van der Waals surface area contributed by atoms with Crippen molar-refractivity contribution in [3.8, 4) is 0 Å². The standard InChI is InChI=1S/C16H25NO2S/c1-3-13-5-7-14(8-6-13)16(4-2)17-15-9-11-20(18,19)12-10-15/h5-8,15-17H,3-4,9-12H2,1-2H3. The molecule has 0 saturated carbocycles. The van der Waals surface area contributed by atoms with Gasteiger partial charge in [-0.3, -0.25) is 0 Å². The van der Waals surface area contributed by atoms with Gasteiger partial charge >= 0.3 is 0 Å². The summed E-state index contributed by atoms with van der Waals surface area (Å²) in [4.78, 5) is 0. The maximum absolute atomic E-state index is 11.5. The van der Waals surface area contributed by atoms with Gasteiger partial charge in [-0.05, 0) is 36.8 Å². The minimum Gasteiger partial charge on any atom is -0.307 e. The predicted molar refractivity (Wildman–Crippen MR) is 83.7 cm³/mol. The van der Waals surface area contributed by atoms with E-state index in [1.807, 2.05) is 0 Å². The van der Waals surface area contributed by atoms with Crippen LogP contribution in [0.25, 0.3) is 0 Å². The van der Waals surface area contributed by atoms with Crippen molar-refractivity contribution in [3.05, 3.63) is 35.4 Å². The van der Waals surface area contributed by atoms with Crippen molar-refractivity contribution < 1.29 is 8.42 Å². The molecule has 1 aromatic carbocycles. The number of sulfone groups is 1. The van der Waals surface area contributed by atoms with Crippen LogP contribution in [0, 0.1) is 0 Å². The summed E-state index contributed by atoms with van der Waals surface area (Å²) in [6, 6.07) is 9.41. The molecule has 4 heteroatoms. The summed E-state index contributed by atoms with van der Waals surface area (Å²) in [6.07, 6.45) is 3.57. The second kappa shape index (κ2) is 6.72. The Bertz CT molecular complexity index is 508. The third-order valence-electron chi connectivity index (χ3n) is 4.19. The van der Waals surface area contributed by atoms with Crippen molar-refractivity contribution in [1.29, 1.82) is 0 Å². The lowest BCUT2D eigenvalue weighted by Crippen LogP contribution is -2.39. The van der Waals surface area contributed by atoms with Gasteiger partial charge in [-0.1, -0.05) is 38.1 Å². The maximum atomic E-state index is 11.5. The van der Waals surface area contributed by atoms with Gasteiger partial charge in [0.05, 0.1) is 11.5 Å². The third-order valence-corrected chi connectivity index (χ3v) is 5.91. The van der Waals surface area contributed by atoms with Gasteiger partial charge in [0.1, 0.15) is 9.84 Å². The topological polar surface area (TPSA) is 46.2 Å². The first kappa shape index (κ1) is 15.5. The van der Waals surface area contributed by atoms with Gasteiger partial charge in [0.2, 0.25) is 0 Å². The molecule has 1 aliphatic rings. The summed E-state index contributed by atoms with van der Waals surface area (Å²) < 4.78 is 22.9. The summed E-state index contributed by atoms with van der Waals surface area (Å²) in [5.74, 6) is 0.658. The Morgan fingerprint density at radius 2 is 1.75 bits per heavy atom. The summed E-state index contributed by atoms with van der Waals surface area (Å²) in [5, 5.41) is 3.63. The van der Waals surface area contributed by atoms with Gasteiger partial charge < -0.3 is 5.32 Å². The Balaban J connectivity index is 1.98. The molecule has 0 aliphatic carbocycles. The fourth-order valence-electron chi connectivity index (χ4n) is 2.78. The maximum Gasteiger partial charge on any atom is 0.150 e. The smallest absolute Gasteiger partial charge is 0.150 e. The second-order valence-corrected chi connectivity index (χ2v) is 7.95. The molecule has 3 nitrogen and oxygen atoms in total. The summed E-state index contributed by atoms with van der Waals surface area (Å²) in [6.45, 7) is 4.33. The van der Waals surface area contributed by atoms with Crippen molar-refractivity contribution in [2.45, 2.75) is 51.6 Å². The van der Waals surface area contributed by atoms with Crippen molar-refractivity contribution in [1.82, 2.24) is 5.32 Å². The molecule has 1 aromatic rings. The SMILES string of the molecule is CCc1ccc(C(CC)NC2CCS(=O)(=O)CC2)cc1. The average Bonchev–Trinajstić information content (AvgIpc) is 2.46. The molecule has 1 atom stereocenters. The lowest BCUT2D eigenvalue weighted by atomic mass is 10.00. The quantitative estimate of drug-likeness (QED) is 0.908. The van der Waals surface area contributed by atoms with Crippen LogP contribution in [0.4, 0.5) is 0 Å². The zero-order chi connectivity index (χ0) is 14.6. The molecule has 20 heavy (non-hydrogen) atoms. The van der Waals surface area contributed by atoms with E-state index in [1.165, 1.54) is 11.1 Å². The predicted octanol–water partition coefficient (Wildman–Crippen LogP) is 2.87. The van der Waals surface area contributed by atoms with Crippen molar-refractivity contribution in [2.24, 2.45) is 0 Å². The van der Waals surface area contributed by atoms with Gasteiger partial charge in [-0.2, -0.15) is 0 Å². The molecule has 0 radical (unpaired) electrons. The van der Waals surface area contributed by atoms with Crippen molar-refractivity contribution in [3.63, 3.8) is 0 Å². The van der Waals surface area contributed by atoms with E-state index in [0.717, 1.165) is 25.7 Å². The van der Waals surface area contributed by atoms with Crippen LogP contribution in [0.1, 0.15) is 50.3 Å². The minimum absolute atomic E-state index is 0.326. The van der Waals surface area contributed by atoms with E-state index in [9.17, 15) is 8.42 Å².